The zero-order valence-electron chi connectivity index (χ0n) is 30.3. The smallest absolute Gasteiger partial charge is 0.323 e. The van der Waals surface area contributed by atoms with Gasteiger partial charge in [0.25, 0.3) is 0 Å². The molecule has 0 aromatic heterocycles. The maximum absolute atomic E-state index is 11.8. The Morgan fingerprint density at radius 1 is 1.17 bits per heavy atom. The number of fused-ring (bicyclic) bond motifs is 1. The summed E-state index contributed by atoms with van der Waals surface area (Å²) in [6, 6.07) is 16.6. The number of likely N-dealkylation sites (tertiary alicyclic amines) is 1. The van der Waals surface area contributed by atoms with Crippen LogP contribution in [0, 0.1) is 18.3 Å². The van der Waals surface area contributed by atoms with Gasteiger partial charge in [-0.2, -0.15) is 5.26 Å². The number of carboxylic acids is 1. The number of nitriles is 1. The van der Waals surface area contributed by atoms with Crippen molar-refractivity contribution in [1.29, 1.82) is 5.26 Å². The van der Waals surface area contributed by atoms with Crippen molar-refractivity contribution in [1.82, 2.24) is 10.2 Å². The number of carboxylic acid groups (broad SMARTS) is 1. The second kappa shape index (κ2) is 18.4. The number of nitrogens with zero attached hydrogens (tertiary/aromatic N) is 3. The molecule has 0 saturated carbocycles. The standard InChI is InChI=1S/C41H47ClN4O7/c1-25(19-43)16-28(20-44-4)24-52-38-18-39(35(42)17-29(38)21-45-40(27(3)47)41(49)50)53-37-13-12-33-32(9-5-10-34(33)37)31-8-6-11-36(26(31)2)51-15-7-14-46-22-30(48)23-46/h5-6,8-11,16-18,20,27,30,37,40,45,47-48H,4,7,12-15,21-24H2,1-3H3,(H,49,50)/b25-16+,28-20+/t27-,37+,40+/m1/s1. The van der Waals surface area contributed by atoms with Crippen molar-refractivity contribution in [2.45, 2.75) is 70.9 Å². The highest BCUT2D eigenvalue weighted by molar-refractivity contribution is 6.32. The molecule has 1 heterocycles. The van der Waals surface area contributed by atoms with Crippen LogP contribution in [0.1, 0.15) is 55.0 Å². The Morgan fingerprint density at radius 3 is 2.62 bits per heavy atom. The molecule has 3 aromatic carbocycles. The second-order valence-electron chi connectivity index (χ2n) is 13.5. The summed E-state index contributed by atoms with van der Waals surface area (Å²) >= 11 is 6.82. The molecule has 3 atom stereocenters. The molecule has 0 radical (unpaired) electrons. The van der Waals surface area contributed by atoms with Crippen molar-refractivity contribution in [3.63, 3.8) is 0 Å². The van der Waals surface area contributed by atoms with Crippen LogP contribution in [0.25, 0.3) is 11.1 Å². The van der Waals surface area contributed by atoms with E-state index in [1.165, 1.54) is 18.7 Å². The van der Waals surface area contributed by atoms with Gasteiger partial charge in [-0.15, -0.1) is 0 Å². The number of nitrogens with one attached hydrogen (secondary N) is 1. The van der Waals surface area contributed by atoms with Gasteiger partial charge in [-0.05, 0) is 92.8 Å². The molecule has 0 bridgehead atoms. The summed E-state index contributed by atoms with van der Waals surface area (Å²) in [7, 11) is 0. The summed E-state index contributed by atoms with van der Waals surface area (Å²) in [5, 5.41) is 41.6. The summed E-state index contributed by atoms with van der Waals surface area (Å²) in [6.45, 7) is 11.7. The molecular weight excluding hydrogens is 696 g/mol. The second-order valence-corrected chi connectivity index (χ2v) is 13.9. The molecule has 0 amide bonds. The first kappa shape index (κ1) is 39.5. The first-order valence-corrected chi connectivity index (χ1v) is 18.1. The number of carbonyl (C=O) groups is 1. The number of aliphatic carboxylic acids is 1. The van der Waals surface area contributed by atoms with Crippen molar-refractivity contribution >= 4 is 24.3 Å². The van der Waals surface area contributed by atoms with E-state index in [0.29, 0.717) is 39.8 Å². The van der Waals surface area contributed by atoms with E-state index in [1.807, 2.05) is 18.2 Å². The number of aliphatic hydroxyl groups excluding tert-OH is 2. The van der Waals surface area contributed by atoms with Gasteiger partial charge in [0.2, 0.25) is 0 Å². The number of allylic oxidation sites excluding steroid dienone is 1. The molecule has 1 fully saturated rings. The number of benzene rings is 3. The average Bonchev–Trinajstić information content (AvgIpc) is 3.52. The topological polar surface area (TPSA) is 157 Å². The van der Waals surface area contributed by atoms with E-state index in [1.54, 1.807) is 25.1 Å². The predicted octanol–water partition coefficient (Wildman–Crippen LogP) is 6.18. The molecule has 0 unspecified atom stereocenters. The van der Waals surface area contributed by atoms with Gasteiger partial charge >= 0.3 is 5.97 Å². The minimum atomic E-state index is -1.22. The zero-order valence-corrected chi connectivity index (χ0v) is 31.1. The summed E-state index contributed by atoms with van der Waals surface area (Å²) in [6.07, 6.45) is 3.92. The number of hydrogen-bond donors (Lipinski definition) is 4. The number of hydrogen-bond acceptors (Lipinski definition) is 10. The van der Waals surface area contributed by atoms with Crippen LogP contribution in [0.4, 0.5) is 0 Å². The van der Waals surface area contributed by atoms with Gasteiger partial charge in [-0.1, -0.05) is 41.9 Å². The minimum absolute atomic E-state index is 0.0311. The van der Waals surface area contributed by atoms with Crippen molar-refractivity contribution < 1.29 is 34.3 Å². The average molecular weight is 743 g/mol. The molecule has 4 N–H and O–H groups in total. The third-order valence-corrected chi connectivity index (χ3v) is 9.77. The third kappa shape index (κ3) is 10.0. The van der Waals surface area contributed by atoms with Crippen molar-refractivity contribution in [2.75, 3.05) is 32.8 Å². The molecule has 11 nitrogen and oxygen atoms in total. The number of aliphatic imine (C=N–C) groups is 1. The molecule has 1 aliphatic heterocycles. The Labute approximate surface area is 315 Å². The Morgan fingerprint density at radius 2 is 1.92 bits per heavy atom. The van der Waals surface area contributed by atoms with Crippen LogP contribution < -0.4 is 19.5 Å². The van der Waals surface area contributed by atoms with E-state index in [2.05, 4.69) is 53.1 Å². The molecular formula is C41H47ClN4O7. The van der Waals surface area contributed by atoms with Gasteiger partial charge in [-0.25, -0.2) is 0 Å². The van der Waals surface area contributed by atoms with E-state index < -0.39 is 18.1 Å². The van der Waals surface area contributed by atoms with Gasteiger partial charge in [0.15, 0.2) is 0 Å². The Hall–Kier alpha value is -4.70. The molecule has 1 saturated heterocycles. The molecule has 5 rings (SSSR count). The fourth-order valence-electron chi connectivity index (χ4n) is 6.73. The minimum Gasteiger partial charge on any atom is -0.493 e. The van der Waals surface area contributed by atoms with Crippen molar-refractivity contribution in [3.05, 3.63) is 99.2 Å². The van der Waals surface area contributed by atoms with Crippen LogP contribution in [-0.4, -0.2) is 84.0 Å². The third-order valence-electron chi connectivity index (χ3n) is 9.48. The Kier molecular flexibility index (Phi) is 13.7. The number of β-amino-alcohol motifs (C(OH)–C–C–N with tert-alkyl or cyclic N) is 1. The van der Waals surface area contributed by atoms with Gasteiger partial charge in [0.1, 0.15) is 36.0 Å². The van der Waals surface area contributed by atoms with E-state index in [4.69, 9.17) is 25.8 Å². The molecule has 280 valence electrons. The van der Waals surface area contributed by atoms with E-state index in [-0.39, 0.29) is 25.4 Å². The van der Waals surface area contributed by atoms with Crippen molar-refractivity contribution in [2.24, 2.45) is 4.99 Å². The molecule has 0 spiro atoms. The van der Waals surface area contributed by atoms with Gasteiger partial charge in [-0.3, -0.25) is 20.0 Å². The summed E-state index contributed by atoms with van der Waals surface area (Å²) < 4.78 is 19.0. The fourth-order valence-corrected chi connectivity index (χ4v) is 6.96. The van der Waals surface area contributed by atoms with Crippen molar-refractivity contribution in [3.8, 4) is 34.4 Å². The predicted molar refractivity (Wildman–Crippen MR) is 205 cm³/mol. The maximum atomic E-state index is 11.8. The maximum Gasteiger partial charge on any atom is 0.323 e. The monoisotopic (exact) mass is 742 g/mol. The summed E-state index contributed by atoms with van der Waals surface area (Å²) in [5.74, 6) is 0.439. The molecule has 3 aromatic rings. The molecule has 12 heteroatoms. The Balaban J connectivity index is 1.37. The quantitative estimate of drug-likeness (QED) is 0.0514. The highest BCUT2D eigenvalue weighted by atomic mass is 35.5. The SMILES string of the molecule is C=N/C=C(\C=C(/C)C#N)COc1cc(O[C@H]2CCc3c(-c4cccc(OCCCN5CC(O)C5)c4C)cccc32)c(Cl)cc1CN[C@H](C(=O)O)[C@@H](C)O. The number of halogens is 1. The highest BCUT2D eigenvalue weighted by Gasteiger charge is 2.29. The normalized spacial score (nSPS) is 17.3. The lowest BCUT2D eigenvalue weighted by Crippen LogP contribution is -2.50. The summed E-state index contributed by atoms with van der Waals surface area (Å²) in [5.41, 5.74) is 7.17. The number of rotatable bonds is 18. The van der Waals surface area contributed by atoms with E-state index in [0.717, 1.165) is 66.9 Å². The van der Waals surface area contributed by atoms with Crippen LogP contribution in [-0.2, 0) is 17.8 Å². The van der Waals surface area contributed by atoms with Crippen LogP contribution in [0.5, 0.6) is 17.2 Å². The summed E-state index contributed by atoms with van der Waals surface area (Å²) in [4.78, 5) is 17.8. The van der Waals surface area contributed by atoms with Gasteiger partial charge < -0.3 is 29.5 Å². The first-order valence-electron chi connectivity index (χ1n) is 17.7. The van der Waals surface area contributed by atoms with E-state index >= 15 is 0 Å². The van der Waals surface area contributed by atoms with Crippen LogP contribution >= 0.6 is 11.6 Å². The number of aliphatic hydroxyl groups is 2. The van der Waals surface area contributed by atoms with Crippen LogP contribution in [0.15, 0.2) is 76.9 Å². The fraction of sp³-hybridized carbons (Fsp3) is 0.390. The first-order chi connectivity index (χ1) is 25.5. The lowest BCUT2D eigenvalue weighted by Gasteiger charge is -2.35. The lowest BCUT2D eigenvalue weighted by atomic mass is 9.93. The highest BCUT2D eigenvalue weighted by Crippen LogP contribution is 2.44. The molecule has 53 heavy (non-hydrogen) atoms. The number of ether oxygens (including phenoxy) is 3. The molecule has 1 aliphatic carbocycles. The van der Waals surface area contributed by atoms with Crippen LogP contribution in [0.3, 0.4) is 0 Å². The van der Waals surface area contributed by atoms with Crippen LogP contribution in [0.2, 0.25) is 5.02 Å². The zero-order chi connectivity index (χ0) is 38.1. The molecule has 2 aliphatic rings. The van der Waals surface area contributed by atoms with Gasteiger partial charge in [0.05, 0.1) is 29.9 Å². The van der Waals surface area contributed by atoms with Gasteiger partial charge in [0, 0.05) is 55.2 Å². The Bertz CT molecular complexity index is 1900. The lowest BCUT2D eigenvalue weighted by molar-refractivity contribution is -0.142. The van der Waals surface area contributed by atoms with E-state index in [9.17, 15) is 25.4 Å². The largest absolute Gasteiger partial charge is 0.493 e.